The van der Waals surface area contributed by atoms with Crippen LogP contribution in [0.4, 0.5) is 15.3 Å². The fourth-order valence-corrected chi connectivity index (χ4v) is 0.958. The summed E-state index contributed by atoms with van der Waals surface area (Å²) in [6.07, 6.45) is 0. The maximum Gasteiger partial charge on any atom is 0.329 e. The molecule has 14 heavy (non-hydrogen) atoms. The number of carbonyl (C=O) groups is 2. The molecule has 0 aromatic heterocycles. The first-order valence-electron chi connectivity index (χ1n) is 4.00. The second-order valence-corrected chi connectivity index (χ2v) is 2.69. The Morgan fingerprint density at radius 1 is 1.29 bits per heavy atom. The number of carbonyl (C=O) groups excluding carboxylic acids is 2. The van der Waals surface area contributed by atoms with Crippen molar-refractivity contribution < 1.29 is 9.59 Å². The number of urea groups is 2. The molecular formula is C9H11N3O2. The lowest BCUT2D eigenvalue weighted by molar-refractivity contribution is 0.235. The Morgan fingerprint density at radius 2 is 1.86 bits per heavy atom. The summed E-state index contributed by atoms with van der Waals surface area (Å²) in [5.41, 5.74) is 5.50. The van der Waals surface area contributed by atoms with E-state index in [2.05, 4.69) is 0 Å². The average molecular weight is 193 g/mol. The van der Waals surface area contributed by atoms with Crippen LogP contribution in [0.1, 0.15) is 0 Å². The molecule has 0 spiro atoms. The first kappa shape index (κ1) is 10.0. The number of rotatable bonds is 1. The van der Waals surface area contributed by atoms with Crippen LogP contribution >= 0.6 is 0 Å². The van der Waals surface area contributed by atoms with E-state index in [0.29, 0.717) is 5.69 Å². The molecule has 1 rings (SSSR count). The van der Waals surface area contributed by atoms with Crippen molar-refractivity contribution in [1.29, 1.82) is 0 Å². The molecule has 0 heterocycles. The van der Waals surface area contributed by atoms with E-state index in [1.165, 1.54) is 4.90 Å². The predicted molar refractivity (Wildman–Crippen MR) is 53.0 cm³/mol. The number of hydrogen-bond acceptors (Lipinski definition) is 2. The topological polar surface area (TPSA) is 75.4 Å². The molecule has 5 heteroatoms. The molecule has 0 saturated heterocycles. The van der Waals surface area contributed by atoms with Crippen molar-refractivity contribution in [3.63, 3.8) is 0 Å². The van der Waals surface area contributed by atoms with Crippen molar-refractivity contribution in [2.24, 2.45) is 5.73 Å². The van der Waals surface area contributed by atoms with Gasteiger partial charge in [-0.3, -0.25) is 10.2 Å². The molecule has 0 fully saturated rings. The zero-order valence-electron chi connectivity index (χ0n) is 7.73. The number of nitrogens with one attached hydrogen (secondary N) is 1. The van der Waals surface area contributed by atoms with Crippen LogP contribution in [0.25, 0.3) is 0 Å². The minimum absolute atomic E-state index is 0.552. The molecule has 74 valence electrons. The highest BCUT2D eigenvalue weighted by Gasteiger charge is 2.11. The van der Waals surface area contributed by atoms with Gasteiger partial charge in [0.05, 0.1) is 0 Å². The fourth-order valence-electron chi connectivity index (χ4n) is 0.958. The van der Waals surface area contributed by atoms with Crippen LogP contribution in [0.15, 0.2) is 30.3 Å². The number of primary amides is 1. The van der Waals surface area contributed by atoms with Gasteiger partial charge in [-0.2, -0.15) is 0 Å². The van der Waals surface area contributed by atoms with E-state index in [0.717, 1.165) is 0 Å². The first-order valence-corrected chi connectivity index (χ1v) is 4.00. The Kier molecular flexibility index (Phi) is 3.06. The molecule has 0 aliphatic heterocycles. The highest BCUT2D eigenvalue weighted by molar-refractivity contribution is 6.01. The highest BCUT2D eigenvalue weighted by atomic mass is 16.2. The van der Waals surface area contributed by atoms with Gasteiger partial charge in [0.1, 0.15) is 0 Å². The van der Waals surface area contributed by atoms with Crippen LogP contribution < -0.4 is 16.0 Å². The van der Waals surface area contributed by atoms with E-state index in [1.54, 1.807) is 31.3 Å². The summed E-state index contributed by atoms with van der Waals surface area (Å²) in [6.45, 7) is 0. The van der Waals surface area contributed by atoms with E-state index in [9.17, 15) is 9.59 Å². The number of anilines is 1. The average Bonchev–Trinajstić information content (AvgIpc) is 2.17. The van der Waals surface area contributed by atoms with Crippen molar-refractivity contribution in [2.45, 2.75) is 0 Å². The lowest BCUT2D eigenvalue weighted by atomic mass is 10.3. The van der Waals surface area contributed by atoms with Gasteiger partial charge in [-0.1, -0.05) is 18.2 Å². The van der Waals surface area contributed by atoms with Gasteiger partial charge in [0.25, 0.3) is 0 Å². The number of amides is 4. The molecule has 0 aliphatic rings. The number of imide groups is 1. The normalized spacial score (nSPS) is 9.21. The summed E-state index contributed by atoms with van der Waals surface area (Å²) in [4.78, 5) is 23.0. The minimum atomic E-state index is -0.863. The van der Waals surface area contributed by atoms with Gasteiger partial charge >= 0.3 is 12.1 Å². The summed E-state index contributed by atoms with van der Waals surface area (Å²) in [7, 11) is 1.55. The van der Waals surface area contributed by atoms with E-state index in [-0.39, 0.29) is 0 Å². The molecule has 0 radical (unpaired) electrons. The molecule has 1 aromatic carbocycles. The van der Waals surface area contributed by atoms with Gasteiger partial charge < -0.3 is 5.73 Å². The number of nitrogens with two attached hydrogens (primary N) is 1. The lowest BCUT2D eigenvalue weighted by Gasteiger charge is -2.16. The zero-order valence-corrected chi connectivity index (χ0v) is 7.73. The van der Waals surface area contributed by atoms with Gasteiger partial charge in [-0.05, 0) is 12.1 Å². The summed E-state index contributed by atoms with van der Waals surface area (Å²) in [6, 6.07) is 7.51. The maximum absolute atomic E-state index is 11.3. The van der Waals surface area contributed by atoms with Crippen molar-refractivity contribution >= 4 is 17.7 Å². The summed E-state index contributed by atoms with van der Waals surface area (Å²) in [5, 5.41) is 1.97. The SMILES string of the molecule is CN(C(=O)NC(N)=O)c1ccccc1. The Balaban J connectivity index is 2.71. The predicted octanol–water partition coefficient (Wildman–Crippen LogP) is 0.911. The van der Waals surface area contributed by atoms with Gasteiger partial charge in [-0.15, -0.1) is 0 Å². The smallest absolute Gasteiger partial charge is 0.329 e. The third kappa shape index (κ3) is 2.48. The number of benzene rings is 1. The van der Waals surface area contributed by atoms with Gasteiger partial charge in [0, 0.05) is 12.7 Å². The van der Waals surface area contributed by atoms with Gasteiger partial charge in [-0.25, -0.2) is 9.59 Å². The molecule has 0 saturated carbocycles. The van der Waals surface area contributed by atoms with Gasteiger partial charge in [0.2, 0.25) is 0 Å². The summed E-state index contributed by atoms with van der Waals surface area (Å²) >= 11 is 0. The van der Waals surface area contributed by atoms with Crippen molar-refractivity contribution in [1.82, 2.24) is 5.32 Å². The molecular weight excluding hydrogens is 182 g/mol. The minimum Gasteiger partial charge on any atom is -0.351 e. The van der Waals surface area contributed by atoms with Crippen LogP contribution in [-0.2, 0) is 0 Å². The molecule has 0 aliphatic carbocycles. The largest absolute Gasteiger partial charge is 0.351 e. The van der Waals surface area contributed by atoms with E-state index < -0.39 is 12.1 Å². The van der Waals surface area contributed by atoms with Crippen molar-refractivity contribution in [3.8, 4) is 0 Å². The summed E-state index contributed by atoms with van der Waals surface area (Å²) < 4.78 is 0. The molecule has 0 atom stereocenters. The van der Waals surface area contributed by atoms with Gasteiger partial charge in [0.15, 0.2) is 0 Å². The van der Waals surface area contributed by atoms with Crippen LogP contribution in [0.3, 0.4) is 0 Å². The van der Waals surface area contributed by atoms with Crippen molar-refractivity contribution in [3.05, 3.63) is 30.3 Å². The Labute approximate surface area is 81.5 Å². The molecule has 1 aromatic rings. The number of para-hydroxylation sites is 1. The highest BCUT2D eigenvalue weighted by Crippen LogP contribution is 2.10. The number of nitrogens with zero attached hydrogens (tertiary/aromatic N) is 1. The quantitative estimate of drug-likeness (QED) is 0.695. The molecule has 4 amide bonds. The summed E-state index contributed by atoms with van der Waals surface area (Å²) in [5.74, 6) is 0. The molecule has 5 nitrogen and oxygen atoms in total. The maximum atomic E-state index is 11.3. The van der Waals surface area contributed by atoms with Crippen molar-refractivity contribution in [2.75, 3.05) is 11.9 Å². The van der Waals surface area contributed by atoms with E-state index >= 15 is 0 Å². The number of hydrogen-bond donors (Lipinski definition) is 2. The van der Waals surface area contributed by atoms with Crippen LogP contribution in [0, 0.1) is 0 Å². The third-order valence-corrected chi connectivity index (χ3v) is 1.68. The second-order valence-electron chi connectivity index (χ2n) is 2.69. The Bertz CT molecular complexity index is 337. The Hall–Kier alpha value is -2.04. The zero-order chi connectivity index (χ0) is 10.6. The van der Waals surface area contributed by atoms with Crippen LogP contribution in [0.5, 0.6) is 0 Å². The standard InChI is InChI=1S/C9H11N3O2/c1-12(9(14)11-8(10)13)7-5-3-2-4-6-7/h2-6H,1H3,(H3,10,11,13,14). The molecule has 0 unspecified atom stereocenters. The molecule has 3 N–H and O–H groups in total. The monoisotopic (exact) mass is 193 g/mol. The van der Waals surface area contributed by atoms with Crippen LogP contribution in [-0.4, -0.2) is 19.1 Å². The fraction of sp³-hybridized carbons (Fsp3) is 0.111. The Morgan fingerprint density at radius 3 is 2.36 bits per heavy atom. The van der Waals surface area contributed by atoms with E-state index in [4.69, 9.17) is 5.73 Å². The molecule has 0 bridgehead atoms. The van der Waals surface area contributed by atoms with E-state index in [1.807, 2.05) is 11.4 Å². The second kappa shape index (κ2) is 4.27. The first-order chi connectivity index (χ1) is 6.61. The van der Waals surface area contributed by atoms with Crippen LogP contribution in [0.2, 0.25) is 0 Å². The lowest BCUT2D eigenvalue weighted by Crippen LogP contribution is -2.43. The third-order valence-electron chi connectivity index (χ3n) is 1.68.